The summed E-state index contributed by atoms with van der Waals surface area (Å²) in [5, 5.41) is 0. The molecule has 168 valence electrons. The number of carbonyl (C=O) groups is 1. The number of hydrogen-bond donors (Lipinski definition) is 0. The van der Waals surface area contributed by atoms with Crippen molar-refractivity contribution in [2.45, 2.75) is 44.4 Å². The first-order valence-electron chi connectivity index (χ1n) is 12.6. The van der Waals surface area contributed by atoms with E-state index in [9.17, 15) is 4.79 Å². The molecular weight excluding hydrogens is 394 g/mol. The van der Waals surface area contributed by atoms with E-state index in [1.807, 2.05) is 12.4 Å². The van der Waals surface area contributed by atoms with Gasteiger partial charge >= 0.3 is 0 Å². The smallest absolute Gasteiger partial charge is 0.223 e. The van der Waals surface area contributed by atoms with Crippen LogP contribution in [0.2, 0.25) is 0 Å². The zero-order chi connectivity index (χ0) is 21.7. The second kappa shape index (κ2) is 7.90. The van der Waals surface area contributed by atoms with Crippen molar-refractivity contribution in [2.75, 3.05) is 31.1 Å². The van der Waals surface area contributed by atoms with E-state index in [-0.39, 0.29) is 5.41 Å². The van der Waals surface area contributed by atoms with Crippen molar-refractivity contribution in [3.8, 4) is 0 Å². The number of anilines is 1. The molecule has 1 saturated heterocycles. The summed E-state index contributed by atoms with van der Waals surface area (Å²) < 4.78 is 0. The zero-order valence-corrected chi connectivity index (χ0v) is 19.2. The van der Waals surface area contributed by atoms with Gasteiger partial charge in [-0.15, -0.1) is 0 Å². The highest BCUT2D eigenvalue weighted by Crippen LogP contribution is 2.65. The molecule has 0 unspecified atom stereocenters. The highest BCUT2D eigenvalue weighted by atomic mass is 16.2. The van der Waals surface area contributed by atoms with Crippen molar-refractivity contribution in [3.05, 3.63) is 60.4 Å². The lowest BCUT2D eigenvalue weighted by Crippen LogP contribution is -2.60. The van der Waals surface area contributed by atoms with Crippen LogP contribution >= 0.6 is 0 Å². The zero-order valence-electron chi connectivity index (χ0n) is 19.2. The number of amides is 1. The van der Waals surface area contributed by atoms with Crippen LogP contribution in [0.15, 0.2) is 54.9 Å². The maximum Gasteiger partial charge on any atom is 0.223 e. The Bertz CT molecular complexity index is 921. The summed E-state index contributed by atoms with van der Waals surface area (Å²) in [5.74, 6) is 4.37. The van der Waals surface area contributed by atoms with Crippen molar-refractivity contribution in [1.82, 2.24) is 9.88 Å². The molecule has 7 rings (SSSR count). The molecule has 5 fully saturated rings. The molecule has 4 heteroatoms. The van der Waals surface area contributed by atoms with Crippen LogP contribution in [0.5, 0.6) is 0 Å². The van der Waals surface area contributed by atoms with Gasteiger partial charge in [-0.1, -0.05) is 37.3 Å². The van der Waals surface area contributed by atoms with Crippen molar-refractivity contribution in [2.24, 2.45) is 29.6 Å². The number of carbonyl (C=O) groups excluding carboxylic acids is 1. The molecule has 32 heavy (non-hydrogen) atoms. The summed E-state index contributed by atoms with van der Waals surface area (Å²) in [6.07, 6.45) is 9.71. The Morgan fingerprint density at radius 3 is 2.09 bits per heavy atom. The second-order valence-corrected chi connectivity index (χ2v) is 10.9. The minimum absolute atomic E-state index is 0.0493. The van der Waals surface area contributed by atoms with E-state index in [4.69, 9.17) is 0 Å². The number of aromatic nitrogens is 1. The van der Waals surface area contributed by atoms with Gasteiger partial charge in [0.15, 0.2) is 0 Å². The summed E-state index contributed by atoms with van der Waals surface area (Å²) in [4.78, 5) is 22.4. The minimum atomic E-state index is 0.0493. The minimum Gasteiger partial charge on any atom is -0.368 e. The predicted octanol–water partition coefficient (Wildman–Crippen LogP) is 4.76. The van der Waals surface area contributed by atoms with Crippen LogP contribution in [-0.2, 0) is 10.2 Å². The molecule has 0 atom stereocenters. The van der Waals surface area contributed by atoms with E-state index in [0.717, 1.165) is 43.9 Å². The van der Waals surface area contributed by atoms with Crippen LogP contribution in [-0.4, -0.2) is 42.0 Å². The van der Waals surface area contributed by atoms with E-state index in [0.29, 0.717) is 24.2 Å². The van der Waals surface area contributed by atoms with Gasteiger partial charge in [-0.05, 0) is 73.0 Å². The van der Waals surface area contributed by atoms with Crippen LogP contribution in [0.4, 0.5) is 5.69 Å². The summed E-state index contributed by atoms with van der Waals surface area (Å²) in [6, 6.07) is 15.3. The molecule has 5 aliphatic rings. The van der Waals surface area contributed by atoms with Crippen LogP contribution < -0.4 is 4.90 Å². The second-order valence-electron chi connectivity index (χ2n) is 10.9. The van der Waals surface area contributed by atoms with Gasteiger partial charge in [0, 0.05) is 56.1 Å². The maximum atomic E-state index is 13.8. The molecule has 2 heterocycles. The van der Waals surface area contributed by atoms with Crippen molar-refractivity contribution in [1.29, 1.82) is 0 Å². The van der Waals surface area contributed by atoms with Crippen LogP contribution in [0, 0.1) is 29.6 Å². The average Bonchev–Trinajstić information content (AvgIpc) is 2.84. The molecular formula is C28H35N3O. The Balaban J connectivity index is 1.23. The number of rotatable bonds is 4. The van der Waals surface area contributed by atoms with E-state index in [1.54, 1.807) is 0 Å². The first-order valence-corrected chi connectivity index (χ1v) is 12.6. The van der Waals surface area contributed by atoms with E-state index < -0.39 is 0 Å². The van der Waals surface area contributed by atoms with Gasteiger partial charge in [-0.25, -0.2) is 0 Å². The summed E-state index contributed by atoms with van der Waals surface area (Å²) in [6.45, 7) is 5.95. The summed E-state index contributed by atoms with van der Waals surface area (Å²) in [7, 11) is 0. The van der Waals surface area contributed by atoms with E-state index in [1.165, 1.54) is 36.9 Å². The van der Waals surface area contributed by atoms with Gasteiger partial charge in [0.1, 0.15) is 0 Å². The van der Waals surface area contributed by atoms with Crippen molar-refractivity contribution >= 4 is 11.6 Å². The molecule has 4 aliphatic carbocycles. The SMILES string of the molecule is CC1C2CC3CC1CC(C2)C3(CC(=O)N1CCN(c2ccncc2)CC1)c1ccccc1. The number of hydrogen-bond acceptors (Lipinski definition) is 3. The molecule has 1 aromatic heterocycles. The van der Waals surface area contributed by atoms with Gasteiger partial charge < -0.3 is 9.80 Å². The Morgan fingerprint density at radius 2 is 1.50 bits per heavy atom. The quantitative estimate of drug-likeness (QED) is 0.703. The third-order valence-electron chi connectivity index (χ3n) is 9.71. The molecule has 0 radical (unpaired) electrons. The van der Waals surface area contributed by atoms with Gasteiger partial charge in [0.2, 0.25) is 5.91 Å². The molecule has 0 N–H and O–H groups in total. The Labute approximate surface area is 192 Å². The highest BCUT2D eigenvalue weighted by molar-refractivity contribution is 5.78. The Hall–Kier alpha value is -2.36. The van der Waals surface area contributed by atoms with Gasteiger partial charge in [0.05, 0.1) is 0 Å². The molecule has 0 spiro atoms. The molecule has 1 aliphatic heterocycles. The molecule has 1 aromatic carbocycles. The third-order valence-corrected chi connectivity index (χ3v) is 9.71. The molecule has 4 nitrogen and oxygen atoms in total. The number of benzene rings is 1. The number of piperazine rings is 1. The highest BCUT2D eigenvalue weighted by Gasteiger charge is 2.60. The van der Waals surface area contributed by atoms with Crippen LogP contribution in [0.1, 0.15) is 44.6 Å². The molecule has 4 saturated carbocycles. The fourth-order valence-electron chi connectivity index (χ4n) is 8.01. The lowest BCUT2D eigenvalue weighted by molar-refractivity contribution is -0.142. The first-order chi connectivity index (χ1) is 15.6. The first kappa shape index (κ1) is 20.3. The molecule has 1 amide bonds. The monoisotopic (exact) mass is 429 g/mol. The van der Waals surface area contributed by atoms with E-state index >= 15 is 0 Å². The van der Waals surface area contributed by atoms with E-state index in [2.05, 4.69) is 64.2 Å². The molecule has 2 aromatic rings. The summed E-state index contributed by atoms with van der Waals surface area (Å²) in [5.41, 5.74) is 2.70. The van der Waals surface area contributed by atoms with Gasteiger partial charge in [-0.3, -0.25) is 9.78 Å². The van der Waals surface area contributed by atoms with Crippen LogP contribution in [0.25, 0.3) is 0 Å². The van der Waals surface area contributed by atoms with Crippen LogP contribution in [0.3, 0.4) is 0 Å². The lowest BCUT2D eigenvalue weighted by Gasteiger charge is -2.64. The van der Waals surface area contributed by atoms with Crippen molar-refractivity contribution in [3.63, 3.8) is 0 Å². The Kier molecular flexibility index (Phi) is 5.00. The topological polar surface area (TPSA) is 36.4 Å². The third kappa shape index (κ3) is 3.17. The number of pyridine rings is 1. The van der Waals surface area contributed by atoms with Gasteiger partial charge in [0.25, 0.3) is 0 Å². The largest absolute Gasteiger partial charge is 0.368 e. The number of nitrogens with zero attached hydrogens (tertiary/aromatic N) is 3. The molecule has 4 bridgehead atoms. The predicted molar refractivity (Wildman–Crippen MR) is 127 cm³/mol. The Morgan fingerprint density at radius 1 is 0.906 bits per heavy atom. The van der Waals surface area contributed by atoms with Gasteiger partial charge in [-0.2, -0.15) is 0 Å². The van der Waals surface area contributed by atoms with Crippen molar-refractivity contribution < 1.29 is 4.79 Å². The lowest BCUT2D eigenvalue weighted by atomic mass is 9.41. The normalized spacial score (nSPS) is 35.8. The maximum absolute atomic E-state index is 13.8. The fraction of sp³-hybridized carbons (Fsp3) is 0.571. The average molecular weight is 430 g/mol. The standard InChI is InChI=1S/C28H35N3O/c1-20-21-15-24-17-22(20)18-25(16-21)28(24,23-5-3-2-4-6-23)19-27(32)31-13-11-30(12-14-31)26-7-9-29-10-8-26/h2-10,20-22,24-25H,11-19H2,1H3. The summed E-state index contributed by atoms with van der Waals surface area (Å²) >= 11 is 0. The fourth-order valence-corrected chi connectivity index (χ4v) is 8.01.